The quantitative estimate of drug-likeness (QED) is 0.499. The van der Waals surface area contributed by atoms with Gasteiger partial charge < -0.3 is 0 Å². The summed E-state index contributed by atoms with van der Waals surface area (Å²) in [6.45, 7) is 4.09. The molecule has 1 aromatic carbocycles. The Labute approximate surface area is 115 Å². The van der Waals surface area contributed by atoms with Crippen molar-refractivity contribution in [1.29, 1.82) is 0 Å². The van der Waals surface area contributed by atoms with Crippen molar-refractivity contribution in [2.45, 2.75) is 13.8 Å². The molecule has 2 aromatic heterocycles. The van der Waals surface area contributed by atoms with Crippen LogP contribution in [0.3, 0.4) is 0 Å². The molecule has 0 aliphatic heterocycles. The third-order valence-corrected chi connectivity index (χ3v) is 3.56. The second-order valence-corrected chi connectivity index (χ2v) is 4.92. The van der Waals surface area contributed by atoms with Crippen LogP contribution in [0.15, 0.2) is 36.7 Å². The molecule has 0 aliphatic rings. The second-order valence-electron chi connectivity index (χ2n) is 4.51. The van der Waals surface area contributed by atoms with Crippen LogP contribution in [0.5, 0.6) is 0 Å². The molecule has 96 valence electrons. The van der Waals surface area contributed by atoms with Crippen LogP contribution in [0.25, 0.3) is 11.5 Å². The van der Waals surface area contributed by atoms with Crippen molar-refractivity contribution in [3.8, 4) is 5.69 Å². The van der Waals surface area contributed by atoms with Gasteiger partial charge in [0.2, 0.25) is 11.7 Å². The van der Waals surface area contributed by atoms with Gasteiger partial charge in [-0.05, 0) is 37.1 Å². The first kappa shape index (κ1) is 12.0. The summed E-state index contributed by atoms with van der Waals surface area (Å²) in [6.07, 6.45) is 3.14. The molecule has 19 heavy (non-hydrogen) atoms. The van der Waals surface area contributed by atoms with E-state index in [0.29, 0.717) is 10.4 Å². The minimum absolute atomic E-state index is 0.402. The largest absolute Gasteiger partial charge is 0.270 e. The van der Waals surface area contributed by atoms with Crippen molar-refractivity contribution in [3.63, 3.8) is 0 Å². The second kappa shape index (κ2) is 4.28. The zero-order valence-corrected chi connectivity index (χ0v) is 11.4. The Morgan fingerprint density at radius 1 is 1.16 bits per heavy atom. The average molecular weight is 273 g/mol. The van der Waals surface area contributed by atoms with Crippen LogP contribution in [0.2, 0.25) is 0 Å². The zero-order valence-electron chi connectivity index (χ0n) is 10.6. The van der Waals surface area contributed by atoms with E-state index < -0.39 is 5.95 Å². The van der Waals surface area contributed by atoms with Crippen molar-refractivity contribution >= 4 is 18.0 Å². The van der Waals surface area contributed by atoms with Crippen molar-refractivity contribution in [1.82, 2.24) is 14.0 Å². The highest BCUT2D eigenvalue weighted by Crippen LogP contribution is 2.18. The molecule has 0 spiro atoms. The maximum absolute atomic E-state index is 13.8. The first-order chi connectivity index (χ1) is 9.08. The Balaban J connectivity index is 2.39. The summed E-state index contributed by atoms with van der Waals surface area (Å²) in [6, 6.07) is 7.34. The molecule has 0 atom stereocenters. The van der Waals surface area contributed by atoms with Crippen LogP contribution >= 0.6 is 12.2 Å². The van der Waals surface area contributed by atoms with Gasteiger partial charge in [0.05, 0.1) is 5.69 Å². The molecule has 0 aliphatic carbocycles. The van der Waals surface area contributed by atoms with E-state index in [1.54, 1.807) is 17.0 Å². The Morgan fingerprint density at radius 2 is 1.95 bits per heavy atom. The normalized spacial score (nSPS) is 11.1. The third kappa shape index (κ3) is 1.86. The van der Waals surface area contributed by atoms with Gasteiger partial charge >= 0.3 is 0 Å². The van der Waals surface area contributed by atoms with Crippen LogP contribution < -0.4 is 0 Å². The number of benzene rings is 1. The molecular weight excluding hydrogens is 261 g/mol. The van der Waals surface area contributed by atoms with Gasteiger partial charge in [-0.2, -0.15) is 4.39 Å². The van der Waals surface area contributed by atoms with Crippen LogP contribution in [0.4, 0.5) is 4.39 Å². The SMILES string of the molecule is Cc1ccc(-n2c(=S)cc(F)n3ccnc23)cc1C. The van der Waals surface area contributed by atoms with E-state index in [1.165, 1.54) is 16.0 Å². The number of nitrogens with zero attached hydrogens (tertiary/aromatic N) is 3. The standard InChI is InChI=1S/C14H12FN3S/c1-9-3-4-11(7-10(9)2)18-13(19)8-12(15)17-6-5-16-14(17)18/h3-8H,1-2H3. The molecule has 0 saturated carbocycles. The lowest BCUT2D eigenvalue weighted by atomic mass is 10.1. The molecule has 3 aromatic rings. The van der Waals surface area contributed by atoms with Gasteiger partial charge in [0.15, 0.2) is 0 Å². The van der Waals surface area contributed by atoms with Crippen molar-refractivity contribution in [2.24, 2.45) is 0 Å². The highest BCUT2D eigenvalue weighted by atomic mass is 32.1. The topological polar surface area (TPSA) is 22.2 Å². The number of hydrogen-bond acceptors (Lipinski definition) is 2. The van der Waals surface area contributed by atoms with Gasteiger partial charge in [-0.25, -0.2) is 4.98 Å². The number of fused-ring (bicyclic) bond motifs is 1. The fraction of sp³-hybridized carbons (Fsp3) is 0.143. The summed E-state index contributed by atoms with van der Waals surface area (Å²) < 4.78 is 17.3. The van der Waals surface area contributed by atoms with Gasteiger partial charge in [0, 0.05) is 18.5 Å². The van der Waals surface area contributed by atoms with Gasteiger partial charge in [-0.3, -0.25) is 8.97 Å². The van der Waals surface area contributed by atoms with E-state index in [4.69, 9.17) is 12.2 Å². The number of rotatable bonds is 1. The van der Waals surface area contributed by atoms with Crippen LogP contribution in [-0.4, -0.2) is 14.0 Å². The lowest BCUT2D eigenvalue weighted by molar-refractivity contribution is 0.560. The van der Waals surface area contributed by atoms with E-state index in [9.17, 15) is 4.39 Å². The van der Waals surface area contributed by atoms with Gasteiger partial charge in [0.1, 0.15) is 4.64 Å². The first-order valence-corrected chi connectivity index (χ1v) is 6.31. The van der Waals surface area contributed by atoms with E-state index in [2.05, 4.69) is 4.98 Å². The van der Waals surface area contributed by atoms with E-state index in [-0.39, 0.29) is 0 Å². The van der Waals surface area contributed by atoms with E-state index in [0.717, 1.165) is 11.3 Å². The highest BCUT2D eigenvalue weighted by Gasteiger charge is 2.09. The summed E-state index contributed by atoms with van der Waals surface area (Å²) in [5.41, 5.74) is 3.26. The third-order valence-electron chi connectivity index (χ3n) is 3.26. The van der Waals surface area contributed by atoms with E-state index >= 15 is 0 Å². The van der Waals surface area contributed by atoms with Gasteiger partial charge in [-0.1, -0.05) is 18.3 Å². The Morgan fingerprint density at radius 3 is 2.68 bits per heavy atom. The van der Waals surface area contributed by atoms with Crippen molar-refractivity contribution < 1.29 is 4.39 Å². The highest BCUT2D eigenvalue weighted by molar-refractivity contribution is 7.71. The van der Waals surface area contributed by atoms with Crippen LogP contribution in [0, 0.1) is 24.4 Å². The molecule has 0 amide bonds. The van der Waals surface area contributed by atoms with Crippen molar-refractivity contribution in [3.05, 3.63) is 58.4 Å². The van der Waals surface area contributed by atoms with Crippen molar-refractivity contribution in [2.75, 3.05) is 0 Å². The minimum Gasteiger partial charge on any atom is -0.270 e. The fourth-order valence-electron chi connectivity index (χ4n) is 2.07. The Hall–Kier alpha value is -2.01. The molecule has 0 bridgehead atoms. The monoisotopic (exact) mass is 273 g/mol. The zero-order chi connectivity index (χ0) is 13.6. The Kier molecular flexibility index (Phi) is 2.71. The number of aryl methyl sites for hydroxylation is 2. The van der Waals surface area contributed by atoms with Crippen LogP contribution in [-0.2, 0) is 0 Å². The summed E-state index contributed by atoms with van der Waals surface area (Å²) in [5, 5.41) is 0. The molecule has 0 saturated heterocycles. The molecule has 0 N–H and O–H groups in total. The summed E-state index contributed by atoms with van der Waals surface area (Å²) in [5.74, 6) is 0.0748. The maximum atomic E-state index is 13.8. The molecule has 0 unspecified atom stereocenters. The fourth-order valence-corrected chi connectivity index (χ4v) is 2.35. The number of hydrogen-bond donors (Lipinski definition) is 0. The first-order valence-electron chi connectivity index (χ1n) is 5.90. The van der Waals surface area contributed by atoms with Crippen LogP contribution in [0.1, 0.15) is 11.1 Å². The molecule has 2 heterocycles. The average Bonchev–Trinajstić information content (AvgIpc) is 2.83. The summed E-state index contributed by atoms with van der Waals surface area (Å²) in [4.78, 5) is 4.19. The number of halogens is 1. The molecular formula is C14H12FN3S. The summed E-state index contributed by atoms with van der Waals surface area (Å²) in [7, 11) is 0. The molecule has 0 fully saturated rings. The minimum atomic E-state index is -0.405. The lowest BCUT2D eigenvalue weighted by Gasteiger charge is -2.11. The molecule has 0 radical (unpaired) electrons. The number of imidazole rings is 1. The smallest absolute Gasteiger partial charge is 0.221 e. The summed E-state index contributed by atoms with van der Waals surface area (Å²) >= 11 is 5.26. The predicted octanol–water partition coefficient (Wildman–Crippen LogP) is 3.61. The van der Waals surface area contributed by atoms with E-state index in [1.807, 2.05) is 32.0 Å². The lowest BCUT2D eigenvalue weighted by Crippen LogP contribution is -2.06. The molecule has 5 heteroatoms. The predicted molar refractivity (Wildman–Crippen MR) is 74.8 cm³/mol. The van der Waals surface area contributed by atoms with Gasteiger partial charge in [0.25, 0.3) is 0 Å². The number of aromatic nitrogens is 3. The van der Waals surface area contributed by atoms with Gasteiger partial charge in [-0.15, -0.1) is 0 Å². The molecule has 3 nitrogen and oxygen atoms in total. The Bertz CT molecular complexity index is 832. The molecule has 3 rings (SSSR count). The maximum Gasteiger partial charge on any atom is 0.221 e.